The summed E-state index contributed by atoms with van der Waals surface area (Å²) in [4.78, 5) is 2.22. The number of piperidine rings is 1. The molecule has 0 aliphatic carbocycles. The van der Waals surface area contributed by atoms with Crippen LogP contribution in [-0.4, -0.2) is 23.3 Å². The summed E-state index contributed by atoms with van der Waals surface area (Å²) in [6, 6.07) is 1.79. The molecule has 0 atom stereocenters. The molecule has 76 valence electrons. The van der Waals surface area contributed by atoms with E-state index in [1.54, 1.807) is 6.07 Å². The lowest BCUT2D eigenvalue weighted by Crippen LogP contribution is -2.30. The minimum absolute atomic E-state index is 0.403. The van der Waals surface area contributed by atoms with Crippen molar-refractivity contribution < 1.29 is 0 Å². The van der Waals surface area contributed by atoms with Crippen molar-refractivity contribution in [1.82, 2.24) is 10.2 Å². The van der Waals surface area contributed by atoms with E-state index >= 15 is 0 Å². The summed E-state index contributed by atoms with van der Waals surface area (Å²) in [5.41, 5.74) is 6.67. The Balaban J connectivity index is 2.24. The van der Waals surface area contributed by atoms with Crippen LogP contribution >= 0.6 is 11.6 Å². The largest absolute Gasteiger partial charge is 0.380 e. The SMILES string of the molecule is Nc1nnc(Cl)cc1N1CCCCC1. The Hall–Kier alpha value is -1.03. The third kappa shape index (κ3) is 1.90. The van der Waals surface area contributed by atoms with Gasteiger partial charge in [-0.05, 0) is 19.3 Å². The summed E-state index contributed by atoms with van der Waals surface area (Å²) in [5.74, 6) is 0.469. The summed E-state index contributed by atoms with van der Waals surface area (Å²) in [6.45, 7) is 2.07. The van der Waals surface area contributed by atoms with Crippen molar-refractivity contribution in [1.29, 1.82) is 0 Å². The van der Waals surface area contributed by atoms with Gasteiger partial charge in [-0.15, -0.1) is 10.2 Å². The zero-order valence-corrected chi connectivity index (χ0v) is 8.67. The summed E-state index contributed by atoms with van der Waals surface area (Å²) in [5, 5.41) is 7.91. The maximum atomic E-state index is 5.78. The molecule has 0 unspecified atom stereocenters. The molecular formula is C9H13ClN4. The average Bonchev–Trinajstić information content (AvgIpc) is 2.23. The molecular weight excluding hydrogens is 200 g/mol. The quantitative estimate of drug-likeness (QED) is 0.770. The lowest BCUT2D eigenvalue weighted by molar-refractivity contribution is 0.577. The second kappa shape index (κ2) is 4.00. The van der Waals surface area contributed by atoms with Gasteiger partial charge in [-0.2, -0.15) is 0 Å². The Bertz CT molecular complexity index is 323. The normalized spacial score (nSPS) is 17.1. The van der Waals surface area contributed by atoms with Crippen molar-refractivity contribution in [2.45, 2.75) is 19.3 Å². The minimum Gasteiger partial charge on any atom is -0.380 e. The zero-order chi connectivity index (χ0) is 9.97. The topological polar surface area (TPSA) is 55.0 Å². The number of nitrogen functional groups attached to an aromatic ring is 1. The fourth-order valence-electron chi connectivity index (χ4n) is 1.76. The molecule has 2 heterocycles. The van der Waals surface area contributed by atoms with Gasteiger partial charge in [0.25, 0.3) is 0 Å². The molecule has 1 aromatic rings. The monoisotopic (exact) mass is 212 g/mol. The van der Waals surface area contributed by atoms with E-state index in [0.717, 1.165) is 18.8 Å². The molecule has 1 saturated heterocycles. The van der Waals surface area contributed by atoms with E-state index in [1.807, 2.05) is 0 Å². The molecule has 5 heteroatoms. The summed E-state index contributed by atoms with van der Waals surface area (Å²) in [7, 11) is 0. The Kier molecular flexibility index (Phi) is 2.72. The van der Waals surface area contributed by atoms with Crippen molar-refractivity contribution in [3.63, 3.8) is 0 Å². The van der Waals surface area contributed by atoms with Gasteiger partial charge in [-0.1, -0.05) is 11.6 Å². The molecule has 1 fully saturated rings. The van der Waals surface area contributed by atoms with E-state index in [9.17, 15) is 0 Å². The Morgan fingerprint density at radius 2 is 1.93 bits per heavy atom. The smallest absolute Gasteiger partial charge is 0.169 e. The highest BCUT2D eigenvalue weighted by molar-refractivity contribution is 6.29. The van der Waals surface area contributed by atoms with E-state index in [0.29, 0.717) is 11.0 Å². The summed E-state index contributed by atoms with van der Waals surface area (Å²) < 4.78 is 0. The first-order valence-corrected chi connectivity index (χ1v) is 5.19. The van der Waals surface area contributed by atoms with Crippen LogP contribution < -0.4 is 10.6 Å². The number of hydrogen-bond acceptors (Lipinski definition) is 4. The first kappa shape index (κ1) is 9.52. The van der Waals surface area contributed by atoms with Crippen LogP contribution in [0.2, 0.25) is 5.15 Å². The molecule has 0 spiro atoms. The minimum atomic E-state index is 0.403. The van der Waals surface area contributed by atoms with Crippen LogP contribution in [0.1, 0.15) is 19.3 Å². The van der Waals surface area contributed by atoms with Gasteiger partial charge in [0.1, 0.15) is 0 Å². The van der Waals surface area contributed by atoms with Gasteiger partial charge >= 0.3 is 0 Å². The molecule has 2 rings (SSSR count). The van der Waals surface area contributed by atoms with Gasteiger partial charge in [0.15, 0.2) is 11.0 Å². The van der Waals surface area contributed by atoms with E-state index < -0.39 is 0 Å². The van der Waals surface area contributed by atoms with E-state index in [1.165, 1.54) is 19.3 Å². The van der Waals surface area contributed by atoms with E-state index in [-0.39, 0.29) is 0 Å². The highest BCUT2D eigenvalue weighted by atomic mass is 35.5. The lowest BCUT2D eigenvalue weighted by Gasteiger charge is -2.29. The Morgan fingerprint density at radius 3 is 2.64 bits per heavy atom. The first-order valence-electron chi connectivity index (χ1n) is 4.81. The van der Waals surface area contributed by atoms with Crippen LogP contribution in [-0.2, 0) is 0 Å². The number of nitrogens with two attached hydrogens (primary N) is 1. The van der Waals surface area contributed by atoms with E-state index in [4.69, 9.17) is 17.3 Å². The maximum absolute atomic E-state index is 5.78. The first-order chi connectivity index (χ1) is 6.77. The second-order valence-corrected chi connectivity index (χ2v) is 3.87. The number of halogens is 1. The molecule has 1 aliphatic rings. The zero-order valence-electron chi connectivity index (χ0n) is 7.91. The molecule has 0 bridgehead atoms. The van der Waals surface area contributed by atoms with Crippen LogP contribution in [0, 0.1) is 0 Å². The second-order valence-electron chi connectivity index (χ2n) is 3.49. The highest BCUT2D eigenvalue weighted by Crippen LogP contribution is 2.25. The van der Waals surface area contributed by atoms with Crippen LogP contribution in [0.3, 0.4) is 0 Å². The molecule has 0 aromatic carbocycles. The standard InChI is InChI=1S/C9H13ClN4/c10-8-6-7(9(11)13-12-8)14-4-2-1-3-5-14/h6H,1-5H2,(H2,11,13). The average molecular weight is 213 g/mol. The highest BCUT2D eigenvalue weighted by Gasteiger charge is 2.14. The molecule has 14 heavy (non-hydrogen) atoms. The Labute approximate surface area is 88.1 Å². The fraction of sp³-hybridized carbons (Fsp3) is 0.556. The number of rotatable bonds is 1. The fourth-order valence-corrected chi connectivity index (χ4v) is 1.90. The number of hydrogen-bond donors (Lipinski definition) is 1. The molecule has 2 N–H and O–H groups in total. The van der Waals surface area contributed by atoms with Crippen LogP contribution in [0.15, 0.2) is 6.07 Å². The molecule has 1 aromatic heterocycles. The van der Waals surface area contributed by atoms with Gasteiger partial charge in [0.05, 0.1) is 5.69 Å². The Morgan fingerprint density at radius 1 is 1.21 bits per heavy atom. The number of nitrogens with zero attached hydrogens (tertiary/aromatic N) is 3. The molecule has 0 amide bonds. The maximum Gasteiger partial charge on any atom is 0.169 e. The third-order valence-electron chi connectivity index (χ3n) is 2.47. The third-order valence-corrected chi connectivity index (χ3v) is 2.65. The van der Waals surface area contributed by atoms with Crippen LogP contribution in [0.4, 0.5) is 11.5 Å². The van der Waals surface area contributed by atoms with Gasteiger partial charge < -0.3 is 10.6 Å². The van der Waals surface area contributed by atoms with Crippen molar-refractivity contribution in [3.05, 3.63) is 11.2 Å². The van der Waals surface area contributed by atoms with Crippen molar-refractivity contribution in [2.24, 2.45) is 0 Å². The molecule has 0 radical (unpaired) electrons. The summed E-state index contributed by atoms with van der Waals surface area (Å²) >= 11 is 5.78. The van der Waals surface area contributed by atoms with Crippen LogP contribution in [0.5, 0.6) is 0 Å². The van der Waals surface area contributed by atoms with Gasteiger partial charge in [-0.25, -0.2) is 0 Å². The summed E-state index contributed by atoms with van der Waals surface area (Å²) in [6.07, 6.45) is 3.71. The predicted octanol–water partition coefficient (Wildman–Crippen LogP) is 1.70. The van der Waals surface area contributed by atoms with Gasteiger partial charge in [-0.3, -0.25) is 0 Å². The number of anilines is 2. The molecule has 4 nitrogen and oxygen atoms in total. The van der Waals surface area contributed by atoms with Crippen molar-refractivity contribution >= 4 is 23.1 Å². The molecule has 0 saturated carbocycles. The lowest BCUT2D eigenvalue weighted by atomic mass is 10.1. The van der Waals surface area contributed by atoms with Crippen molar-refractivity contribution in [2.75, 3.05) is 23.7 Å². The van der Waals surface area contributed by atoms with Gasteiger partial charge in [0.2, 0.25) is 0 Å². The number of aromatic nitrogens is 2. The van der Waals surface area contributed by atoms with Crippen LogP contribution in [0.25, 0.3) is 0 Å². The van der Waals surface area contributed by atoms with E-state index in [2.05, 4.69) is 15.1 Å². The predicted molar refractivity (Wildman–Crippen MR) is 57.5 cm³/mol. The van der Waals surface area contributed by atoms with Crippen molar-refractivity contribution in [3.8, 4) is 0 Å². The molecule has 1 aliphatic heterocycles. The van der Waals surface area contributed by atoms with Gasteiger partial charge in [0, 0.05) is 19.2 Å².